The van der Waals surface area contributed by atoms with Crippen molar-refractivity contribution < 1.29 is 18.7 Å². The summed E-state index contributed by atoms with van der Waals surface area (Å²) in [5.74, 6) is -0.281. The van der Waals surface area contributed by atoms with E-state index in [0.717, 1.165) is 10.6 Å². The van der Waals surface area contributed by atoms with Crippen molar-refractivity contribution in [1.29, 1.82) is 0 Å². The van der Waals surface area contributed by atoms with Gasteiger partial charge in [-0.05, 0) is 57.5 Å². The smallest absolute Gasteiger partial charge is 0.417 e. The predicted octanol–water partition coefficient (Wildman–Crippen LogP) is 5.48. The molecule has 0 fully saturated rings. The normalized spacial score (nSPS) is 13.3. The second kappa shape index (κ2) is 8.19. The lowest BCUT2D eigenvalue weighted by atomic mass is 9.99. The van der Waals surface area contributed by atoms with Crippen LogP contribution in [0.5, 0.6) is 0 Å². The average Bonchev–Trinajstić information content (AvgIpc) is 3.34. The first-order chi connectivity index (χ1) is 16.6. The number of carbonyl (C=O) groups is 2. The minimum absolute atomic E-state index is 0.0314. The molecule has 0 radical (unpaired) electrons. The minimum Gasteiger partial charge on any atom is -0.443 e. The Bertz CT molecular complexity index is 1490. The number of hydrogen-bond donors (Lipinski definition) is 1. The largest absolute Gasteiger partial charge is 0.443 e. The van der Waals surface area contributed by atoms with E-state index < -0.39 is 23.4 Å². The number of aromatic nitrogens is 3. The summed E-state index contributed by atoms with van der Waals surface area (Å²) in [6.07, 6.45) is 2.50. The monoisotopic (exact) mass is 473 g/mol. The van der Waals surface area contributed by atoms with Crippen LogP contribution in [0.4, 0.5) is 20.7 Å². The Balaban J connectivity index is 1.63. The third-order valence-electron chi connectivity index (χ3n) is 5.60. The average molecular weight is 474 g/mol. The molecule has 4 heterocycles. The Morgan fingerprint density at radius 3 is 2.71 bits per heavy atom. The van der Waals surface area contributed by atoms with Crippen molar-refractivity contribution in [3.8, 4) is 11.3 Å². The molecular formula is C26H24FN5O3. The number of pyridine rings is 2. The number of ether oxygens (including phenoxy) is 1. The van der Waals surface area contributed by atoms with Gasteiger partial charge >= 0.3 is 6.09 Å². The number of carbonyl (C=O) groups excluding carboxylic acids is 2. The molecule has 0 atom stereocenters. The first kappa shape index (κ1) is 22.5. The van der Waals surface area contributed by atoms with E-state index in [4.69, 9.17) is 4.74 Å². The molecule has 0 unspecified atom stereocenters. The number of anilines is 2. The molecule has 5 rings (SSSR count). The Hall–Kier alpha value is -4.27. The molecule has 35 heavy (non-hydrogen) atoms. The van der Waals surface area contributed by atoms with E-state index in [1.54, 1.807) is 49.7 Å². The zero-order valence-corrected chi connectivity index (χ0v) is 19.8. The molecule has 0 aliphatic carbocycles. The van der Waals surface area contributed by atoms with E-state index >= 15 is 0 Å². The summed E-state index contributed by atoms with van der Waals surface area (Å²) in [6.45, 7) is 7.15. The van der Waals surface area contributed by atoms with E-state index in [-0.39, 0.29) is 6.54 Å². The van der Waals surface area contributed by atoms with Gasteiger partial charge in [0, 0.05) is 23.5 Å². The van der Waals surface area contributed by atoms with Gasteiger partial charge < -0.3 is 10.1 Å². The molecule has 3 aromatic heterocycles. The van der Waals surface area contributed by atoms with Crippen molar-refractivity contribution in [2.75, 3.05) is 5.32 Å². The van der Waals surface area contributed by atoms with Gasteiger partial charge in [-0.3, -0.25) is 9.20 Å². The number of imide groups is 1. The third-order valence-corrected chi connectivity index (χ3v) is 5.60. The van der Waals surface area contributed by atoms with Crippen LogP contribution in [0.15, 0.2) is 54.9 Å². The maximum Gasteiger partial charge on any atom is 0.417 e. The molecule has 0 saturated heterocycles. The molecule has 0 bridgehead atoms. The van der Waals surface area contributed by atoms with E-state index in [2.05, 4.69) is 15.3 Å². The van der Waals surface area contributed by atoms with Gasteiger partial charge in [0.1, 0.15) is 22.9 Å². The van der Waals surface area contributed by atoms with E-state index in [9.17, 15) is 14.0 Å². The van der Waals surface area contributed by atoms with Crippen LogP contribution in [0.1, 0.15) is 42.4 Å². The van der Waals surface area contributed by atoms with Gasteiger partial charge in [0.15, 0.2) is 0 Å². The quantitative estimate of drug-likeness (QED) is 0.424. The Labute approximate surface area is 201 Å². The summed E-state index contributed by atoms with van der Waals surface area (Å²) in [7, 11) is 0. The molecule has 4 aromatic rings. The number of nitrogens with one attached hydrogen (secondary N) is 1. The van der Waals surface area contributed by atoms with Crippen LogP contribution in [0.3, 0.4) is 0 Å². The summed E-state index contributed by atoms with van der Waals surface area (Å²) in [4.78, 5) is 36.3. The highest BCUT2D eigenvalue weighted by atomic mass is 19.1. The molecule has 0 saturated carbocycles. The second-order valence-corrected chi connectivity index (χ2v) is 9.39. The molecule has 1 N–H and O–H groups in total. The summed E-state index contributed by atoms with van der Waals surface area (Å²) in [5.41, 5.74) is 3.41. The predicted molar refractivity (Wildman–Crippen MR) is 129 cm³/mol. The maximum atomic E-state index is 13.7. The summed E-state index contributed by atoms with van der Waals surface area (Å²) in [6, 6.07) is 11.9. The van der Waals surface area contributed by atoms with E-state index in [1.165, 1.54) is 12.1 Å². The Morgan fingerprint density at radius 1 is 1.17 bits per heavy atom. The second-order valence-electron chi connectivity index (χ2n) is 9.39. The Kier molecular flexibility index (Phi) is 5.27. The fourth-order valence-electron chi connectivity index (χ4n) is 4.14. The van der Waals surface area contributed by atoms with Crippen LogP contribution >= 0.6 is 0 Å². The number of benzene rings is 1. The lowest BCUT2D eigenvalue weighted by Crippen LogP contribution is -2.37. The van der Waals surface area contributed by atoms with Crippen LogP contribution < -0.4 is 5.32 Å². The van der Waals surface area contributed by atoms with E-state index in [1.807, 2.05) is 25.1 Å². The fourth-order valence-corrected chi connectivity index (χ4v) is 4.14. The van der Waals surface area contributed by atoms with Gasteiger partial charge in [-0.25, -0.2) is 24.1 Å². The molecule has 1 aliphatic heterocycles. The molecule has 2 amide bonds. The lowest BCUT2D eigenvalue weighted by Gasteiger charge is -2.23. The van der Waals surface area contributed by atoms with Crippen LogP contribution in [0.25, 0.3) is 16.9 Å². The zero-order valence-electron chi connectivity index (χ0n) is 19.8. The molecule has 178 valence electrons. The number of aryl methyl sites for hydroxylation is 1. The number of halogens is 1. The van der Waals surface area contributed by atoms with Crippen molar-refractivity contribution in [2.45, 2.75) is 39.8 Å². The highest BCUT2D eigenvalue weighted by molar-refractivity contribution is 6.11. The van der Waals surface area contributed by atoms with Gasteiger partial charge in [0.05, 0.1) is 29.7 Å². The third kappa shape index (κ3) is 4.21. The van der Waals surface area contributed by atoms with Crippen molar-refractivity contribution in [3.63, 3.8) is 0 Å². The Morgan fingerprint density at radius 2 is 1.97 bits per heavy atom. The molecule has 0 spiro atoms. The first-order valence-corrected chi connectivity index (χ1v) is 11.1. The topological polar surface area (TPSA) is 88.8 Å². The standard InChI is InChI=1S/C26H24FN5O3/c1-15-6-5-7-21(29-15)30-19-9-8-17(20-13-28-22-12-16(27)10-11-31(20)22)18-14-32(24(33)23(18)19)25(34)35-26(2,3)4/h5-13H,14H2,1-4H3,(H,29,30). The van der Waals surface area contributed by atoms with Crippen molar-refractivity contribution in [3.05, 3.63) is 77.5 Å². The lowest BCUT2D eigenvalue weighted by molar-refractivity contribution is 0.0248. The van der Waals surface area contributed by atoms with Gasteiger partial charge in [-0.2, -0.15) is 0 Å². The zero-order chi connectivity index (χ0) is 24.9. The summed E-state index contributed by atoms with van der Waals surface area (Å²) in [5, 5.41) is 3.22. The maximum absolute atomic E-state index is 13.7. The molecule has 1 aliphatic rings. The van der Waals surface area contributed by atoms with Crippen molar-refractivity contribution in [2.24, 2.45) is 0 Å². The molecule has 9 heteroatoms. The SMILES string of the molecule is Cc1cccc(Nc2ccc(-c3cnc4cc(F)ccn34)c3c2C(=O)N(C(=O)OC(C)(C)C)C3)n1. The van der Waals surface area contributed by atoms with Gasteiger partial charge in [-0.15, -0.1) is 0 Å². The number of nitrogens with zero attached hydrogens (tertiary/aromatic N) is 4. The number of rotatable bonds is 3. The van der Waals surface area contributed by atoms with Crippen LogP contribution in [0, 0.1) is 12.7 Å². The number of imidazole rings is 1. The number of hydrogen-bond acceptors (Lipinski definition) is 6. The van der Waals surface area contributed by atoms with Crippen LogP contribution in [0.2, 0.25) is 0 Å². The van der Waals surface area contributed by atoms with Crippen LogP contribution in [-0.4, -0.2) is 36.9 Å². The van der Waals surface area contributed by atoms with Gasteiger partial charge in [0.2, 0.25) is 0 Å². The number of fused-ring (bicyclic) bond motifs is 2. The van der Waals surface area contributed by atoms with Crippen molar-refractivity contribution in [1.82, 2.24) is 19.3 Å². The highest BCUT2D eigenvalue weighted by Crippen LogP contribution is 2.39. The summed E-state index contributed by atoms with van der Waals surface area (Å²) < 4.78 is 20.9. The van der Waals surface area contributed by atoms with Crippen molar-refractivity contribution >= 4 is 29.2 Å². The summed E-state index contributed by atoms with van der Waals surface area (Å²) >= 11 is 0. The van der Waals surface area contributed by atoms with Gasteiger partial charge in [0.25, 0.3) is 5.91 Å². The van der Waals surface area contributed by atoms with E-state index in [0.29, 0.717) is 39.5 Å². The highest BCUT2D eigenvalue weighted by Gasteiger charge is 2.38. The van der Waals surface area contributed by atoms with Gasteiger partial charge in [-0.1, -0.05) is 12.1 Å². The minimum atomic E-state index is -0.757. The molecule has 1 aromatic carbocycles. The number of amides is 2. The first-order valence-electron chi connectivity index (χ1n) is 11.1. The van der Waals surface area contributed by atoms with Crippen LogP contribution in [-0.2, 0) is 11.3 Å². The fraction of sp³-hybridized carbons (Fsp3) is 0.231. The molecule has 8 nitrogen and oxygen atoms in total. The molecular weight excluding hydrogens is 449 g/mol.